The topological polar surface area (TPSA) is 35.6 Å². The number of piperazine rings is 1. The summed E-state index contributed by atoms with van der Waals surface area (Å²) in [4.78, 5) is 18.7. The van der Waals surface area contributed by atoms with Crippen LogP contribution in [0.3, 0.4) is 0 Å². The molecule has 7 heteroatoms. The lowest BCUT2D eigenvalue weighted by atomic mass is 10.1. The lowest BCUT2D eigenvalue weighted by Gasteiger charge is -2.35. The van der Waals surface area contributed by atoms with Gasteiger partial charge in [0.05, 0.1) is 4.88 Å². The molecule has 2 aromatic carbocycles. The molecule has 30 heavy (non-hydrogen) atoms. The van der Waals surface area contributed by atoms with E-state index < -0.39 is 0 Å². The number of carbonyl (C=O) groups is 1. The van der Waals surface area contributed by atoms with Crippen LogP contribution in [0.2, 0.25) is 5.02 Å². The number of anilines is 1. The fraction of sp³-hybridized carbons (Fsp3) is 0.261. The van der Waals surface area contributed by atoms with Crippen LogP contribution < -0.4 is 10.2 Å². The average molecular weight is 444 g/mol. The molecule has 1 saturated heterocycles. The van der Waals surface area contributed by atoms with Crippen molar-refractivity contribution in [2.45, 2.75) is 6.54 Å². The highest BCUT2D eigenvalue weighted by Crippen LogP contribution is 2.36. The normalized spacial score (nSPS) is 14.7. The van der Waals surface area contributed by atoms with E-state index in [0.29, 0.717) is 16.4 Å². The van der Waals surface area contributed by atoms with Gasteiger partial charge in [0.15, 0.2) is 0 Å². The fourth-order valence-corrected chi connectivity index (χ4v) is 4.58. The van der Waals surface area contributed by atoms with E-state index in [9.17, 15) is 9.18 Å². The quantitative estimate of drug-likeness (QED) is 0.609. The summed E-state index contributed by atoms with van der Waals surface area (Å²) in [5, 5.41) is 3.60. The third-order valence-electron chi connectivity index (χ3n) is 5.26. The summed E-state index contributed by atoms with van der Waals surface area (Å²) >= 11 is 7.28. The molecule has 4 rings (SSSR count). The SMILES string of the molecule is CN1CCN(c2ccc(F)cc2-c2ccc(C(=O)NCc3ccc(Cl)cc3)s2)CC1. The van der Waals surface area contributed by atoms with Crippen molar-refractivity contribution in [1.82, 2.24) is 10.2 Å². The Kier molecular flexibility index (Phi) is 6.37. The molecule has 1 fully saturated rings. The van der Waals surface area contributed by atoms with E-state index >= 15 is 0 Å². The van der Waals surface area contributed by atoms with E-state index in [2.05, 4.69) is 22.2 Å². The number of amides is 1. The van der Waals surface area contributed by atoms with E-state index in [1.807, 2.05) is 24.3 Å². The van der Waals surface area contributed by atoms with Gasteiger partial charge in [0, 0.05) is 53.9 Å². The maximum atomic E-state index is 14.1. The number of rotatable bonds is 5. The Morgan fingerprint density at radius 1 is 1.07 bits per heavy atom. The van der Waals surface area contributed by atoms with Gasteiger partial charge in [-0.05, 0) is 55.1 Å². The van der Waals surface area contributed by atoms with Crippen molar-refractivity contribution in [2.24, 2.45) is 0 Å². The zero-order valence-corrected chi connectivity index (χ0v) is 18.3. The second-order valence-corrected chi connectivity index (χ2v) is 8.95. The van der Waals surface area contributed by atoms with Gasteiger partial charge < -0.3 is 15.1 Å². The largest absolute Gasteiger partial charge is 0.368 e. The molecule has 0 spiro atoms. The Morgan fingerprint density at radius 3 is 2.53 bits per heavy atom. The summed E-state index contributed by atoms with van der Waals surface area (Å²) in [6.07, 6.45) is 0. The first-order valence-corrected chi connectivity index (χ1v) is 11.0. The number of halogens is 2. The standard InChI is InChI=1S/C23H23ClFN3OS/c1-27-10-12-28(13-11-27)20-7-6-18(25)14-19(20)21-8-9-22(30-21)23(29)26-15-16-2-4-17(24)5-3-16/h2-9,14H,10-13,15H2,1H3,(H,26,29). The highest BCUT2D eigenvalue weighted by Gasteiger charge is 2.20. The Morgan fingerprint density at radius 2 is 1.80 bits per heavy atom. The highest BCUT2D eigenvalue weighted by atomic mass is 35.5. The first kappa shape index (κ1) is 20.8. The molecule has 1 aliphatic rings. The molecule has 3 aromatic rings. The lowest BCUT2D eigenvalue weighted by molar-refractivity contribution is 0.0955. The maximum Gasteiger partial charge on any atom is 0.261 e. The molecular weight excluding hydrogens is 421 g/mol. The van der Waals surface area contributed by atoms with Crippen LogP contribution >= 0.6 is 22.9 Å². The van der Waals surface area contributed by atoms with Gasteiger partial charge >= 0.3 is 0 Å². The number of hydrogen-bond acceptors (Lipinski definition) is 4. The second-order valence-electron chi connectivity index (χ2n) is 7.42. The molecule has 1 amide bonds. The molecule has 0 saturated carbocycles. The smallest absolute Gasteiger partial charge is 0.261 e. The van der Waals surface area contributed by atoms with Gasteiger partial charge in [-0.3, -0.25) is 4.79 Å². The summed E-state index contributed by atoms with van der Waals surface area (Å²) in [5.74, 6) is -0.413. The summed E-state index contributed by atoms with van der Waals surface area (Å²) in [6, 6.07) is 16.0. The van der Waals surface area contributed by atoms with Crippen molar-refractivity contribution < 1.29 is 9.18 Å². The molecule has 2 heterocycles. The van der Waals surface area contributed by atoms with Crippen LogP contribution in [0.1, 0.15) is 15.2 Å². The fourth-order valence-electron chi connectivity index (χ4n) is 3.51. The van der Waals surface area contributed by atoms with Gasteiger partial charge in [-0.25, -0.2) is 4.39 Å². The lowest BCUT2D eigenvalue weighted by Crippen LogP contribution is -2.44. The van der Waals surface area contributed by atoms with Crippen LogP contribution in [-0.2, 0) is 6.54 Å². The number of hydrogen-bond donors (Lipinski definition) is 1. The third-order valence-corrected chi connectivity index (χ3v) is 6.63. The van der Waals surface area contributed by atoms with Gasteiger partial charge in [-0.1, -0.05) is 23.7 Å². The van der Waals surface area contributed by atoms with Crippen molar-refractivity contribution in [3.8, 4) is 10.4 Å². The zero-order chi connectivity index (χ0) is 21.1. The van der Waals surface area contributed by atoms with Crippen LogP contribution in [0.5, 0.6) is 0 Å². The van der Waals surface area contributed by atoms with Gasteiger partial charge in [0.1, 0.15) is 5.82 Å². The minimum absolute atomic E-state index is 0.140. The van der Waals surface area contributed by atoms with Gasteiger partial charge in [0.25, 0.3) is 5.91 Å². The predicted octanol–water partition coefficient (Wildman–Crippen LogP) is 4.89. The average Bonchev–Trinajstić information content (AvgIpc) is 3.24. The van der Waals surface area contributed by atoms with Crippen molar-refractivity contribution in [3.05, 3.63) is 75.9 Å². The highest BCUT2D eigenvalue weighted by molar-refractivity contribution is 7.17. The number of likely N-dealkylation sites (N-methyl/N-ethyl adjacent to an activating group) is 1. The molecule has 0 radical (unpaired) electrons. The Hall–Kier alpha value is -2.41. The minimum Gasteiger partial charge on any atom is -0.368 e. The summed E-state index contributed by atoms with van der Waals surface area (Å²) < 4.78 is 14.1. The third kappa shape index (κ3) is 4.83. The van der Waals surface area contributed by atoms with Crippen molar-refractivity contribution >= 4 is 34.5 Å². The van der Waals surface area contributed by atoms with E-state index in [4.69, 9.17) is 11.6 Å². The van der Waals surface area contributed by atoms with E-state index in [0.717, 1.165) is 47.9 Å². The van der Waals surface area contributed by atoms with Crippen LogP contribution in [0.15, 0.2) is 54.6 Å². The van der Waals surface area contributed by atoms with Crippen LogP contribution in [0.4, 0.5) is 10.1 Å². The number of carbonyl (C=O) groups excluding carboxylic acids is 1. The summed E-state index contributed by atoms with van der Waals surface area (Å²) in [7, 11) is 2.11. The molecule has 1 aliphatic heterocycles. The predicted molar refractivity (Wildman–Crippen MR) is 122 cm³/mol. The minimum atomic E-state index is -0.273. The van der Waals surface area contributed by atoms with Crippen molar-refractivity contribution in [3.63, 3.8) is 0 Å². The second kappa shape index (κ2) is 9.16. The monoisotopic (exact) mass is 443 g/mol. The number of benzene rings is 2. The molecule has 4 nitrogen and oxygen atoms in total. The van der Waals surface area contributed by atoms with E-state index in [1.165, 1.54) is 17.4 Å². The van der Waals surface area contributed by atoms with Gasteiger partial charge in [-0.15, -0.1) is 11.3 Å². The molecule has 1 N–H and O–H groups in total. The zero-order valence-electron chi connectivity index (χ0n) is 16.7. The van der Waals surface area contributed by atoms with Crippen molar-refractivity contribution in [1.29, 1.82) is 0 Å². The maximum absolute atomic E-state index is 14.1. The molecule has 1 aromatic heterocycles. The van der Waals surface area contributed by atoms with Crippen LogP contribution in [0.25, 0.3) is 10.4 Å². The Balaban J connectivity index is 1.51. The summed E-state index contributed by atoms with van der Waals surface area (Å²) in [6.45, 7) is 4.17. The summed E-state index contributed by atoms with van der Waals surface area (Å²) in [5.41, 5.74) is 2.83. The number of nitrogens with one attached hydrogen (secondary N) is 1. The van der Waals surface area contributed by atoms with Crippen LogP contribution in [-0.4, -0.2) is 44.0 Å². The van der Waals surface area contributed by atoms with E-state index in [1.54, 1.807) is 24.3 Å². The van der Waals surface area contributed by atoms with E-state index in [-0.39, 0.29) is 11.7 Å². The molecule has 0 bridgehead atoms. The van der Waals surface area contributed by atoms with Gasteiger partial charge in [0.2, 0.25) is 0 Å². The number of nitrogens with zero attached hydrogens (tertiary/aromatic N) is 2. The van der Waals surface area contributed by atoms with Gasteiger partial charge in [-0.2, -0.15) is 0 Å². The Bertz CT molecular complexity index is 1030. The number of thiophene rings is 1. The molecule has 0 unspecified atom stereocenters. The molecule has 0 aliphatic carbocycles. The van der Waals surface area contributed by atoms with Crippen LogP contribution in [0, 0.1) is 5.82 Å². The molecule has 156 valence electrons. The first-order chi connectivity index (χ1) is 14.5. The molecular formula is C23H23ClFN3OS. The van der Waals surface area contributed by atoms with Crippen molar-refractivity contribution in [2.75, 3.05) is 38.1 Å². The Labute approximate surface area is 184 Å². The molecule has 0 atom stereocenters. The first-order valence-electron chi connectivity index (χ1n) is 9.85.